The minimum absolute atomic E-state index is 0.311. The Morgan fingerprint density at radius 1 is 1.17 bits per heavy atom. The van der Waals surface area contributed by atoms with Crippen molar-refractivity contribution in [1.82, 2.24) is 9.80 Å². The number of rotatable bonds is 6. The zero-order valence-corrected chi connectivity index (χ0v) is 15.9. The Labute approximate surface area is 151 Å². The largest absolute Gasteiger partial charge is 0.340 e. The van der Waals surface area contributed by atoms with Crippen molar-refractivity contribution >= 4 is 17.2 Å². The maximum absolute atomic E-state index is 12.8. The Hall–Kier alpha value is -0.870. The molecule has 2 fully saturated rings. The summed E-state index contributed by atoms with van der Waals surface area (Å²) in [5.74, 6) is 1.64. The lowest BCUT2D eigenvalue weighted by Gasteiger charge is -2.38. The molecule has 0 aromatic carbocycles. The van der Waals surface area contributed by atoms with Crippen LogP contribution in [0, 0.1) is 11.8 Å². The molecule has 1 aromatic rings. The van der Waals surface area contributed by atoms with Gasteiger partial charge in [0.15, 0.2) is 0 Å². The molecule has 1 aliphatic carbocycles. The van der Waals surface area contributed by atoms with E-state index in [4.69, 9.17) is 0 Å². The molecule has 0 unspecified atom stereocenters. The Bertz CT molecular complexity index is 486. The van der Waals surface area contributed by atoms with E-state index in [1.54, 1.807) is 11.3 Å². The Morgan fingerprint density at radius 2 is 1.92 bits per heavy atom. The fraction of sp³-hybridized carbons (Fsp3) is 0.750. The summed E-state index contributed by atoms with van der Waals surface area (Å²) in [7, 11) is 0. The molecule has 0 radical (unpaired) electrons. The first-order valence-corrected chi connectivity index (χ1v) is 10.7. The molecule has 3 rings (SSSR count). The summed E-state index contributed by atoms with van der Waals surface area (Å²) in [4.78, 5) is 17.4. The number of carbonyl (C=O) groups excluding carboxylic acids is 1. The minimum Gasteiger partial charge on any atom is -0.340 e. The molecule has 0 atom stereocenters. The number of amides is 1. The molecule has 1 aromatic heterocycles. The van der Waals surface area contributed by atoms with Gasteiger partial charge in [-0.2, -0.15) is 11.3 Å². The van der Waals surface area contributed by atoms with Gasteiger partial charge in [0.25, 0.3) is 0 Å². The molecular weight excluding hydrogens is 316 g/mol. The zero-order chi connectivity index (χ0) is 16.8. The van der Waals surface area contributed by atoms with Crippen LogP contribution in [0.5, 0.6) is 0 Å². The molecule has 1 aliphatic heterocycles. The van der Waals surface area contributed by atoms with E-state index in [-0.39, 0.29) is 0 Å². The summed E-state index contributed by atoms with van der Waals surface area (Å²) in [5.41, 5.74) is 1.41. The van der Waals surface area contributed by atoms with Crippen LogP contribution in [-0.2, 0) is 11.3 Å². The lowest BCUT2D eigenvalue weighted by molar-refractivity contribution is -0.138. The number of carbonyl (C=O) groups is 1. The van der Waals surface area contributed by atoms with Gasteiger partial charge in [-0.1, -0.05) is 26.2 Å². The molecule has 1 amide bonds. The fourth-order valence-electron chi connectivity index (χ4n) is 4.22. The third-order valence-electron chi connectivity index (χ3n) is 5.83. The number of piperazine rings is 1. The first kappa shape index (κ1) is 17.9. The molecule has 1 saturated heterocycles. The minimum atomic E-state index is 0.311. The summed E-state index contributed by atoms with van der Waals surface area (Å²) in [6.07, 6.45) is 8.83. The van der Waals surface area contributed by atoms with Crippen molar-refractivity contribution in [3.8, 4) is 0 Å². The Kier molecular flexibility index (Phi) is 6.73. The first-order valence-electron chi connectivity index (χ1n) is 9.78. The molecule has 2 heterocycles. The highest BCUT2D eigenvalue weighted by atomic mass is 32.1. The number of hydrogen-bond donors (Lipinski definition) is 0. The molecule has 0 bridgehead atoms. The van der Waals surface area contributed by atoms with E-state index in [2.05, 4.69) is 33.6 Å². The summed E-state index contributed by atoms with van der Waals surface area (Å²) in [5, 5.41) is 4.38. The highest BCUT2D eigenvalue weighted by molar-refractivity contribution is 7.07. The van der Waals surface area contributed by atoms with Crippen molar-refractivity contribution in [3.63, 3.8) is 0 Å². The van der Waals surface area contributed by atoms with Gasteiger partial charge in [-0.15, -0.1) is 0 Å². The third-order valence-corrected chi connectivity index (χ3v) is 6.56. The van der Waals surface area contributed by atoms with Gasteiger partial charge in [0, 0.05) is 38.6 Å². The maximum atomic E-state index is 12.8. The average molecular weight is 349 g/mol. The predicted molar refractivity (Wildman–Crippen MR) is 101 cm³/mol. The monoisotopic (exact) mass is 348 g/mol. The van der Waals surface area contributed by atoms with Crippen molar-refractivity contribution in [3.05, 3.63) is 22.4 Å². The zero-order valence-electron chi connectivity index (χ0n) is 15.1. The normalized spacial score (nSPS) is 25.8. The Morgan fingerprint density at radius 3 is 2.54 bits per heavy atom. The lowest BCUT2D eigenvalue weighted by Crippen LogP contribution is -2.50. The van der Waals surface area contributed by atoms with Gasteiger partial charge in [0.1, 0.15) is 0 Å². The van der Waals surface area contributed by atoms with Crippen LogP contribution in [-0.4, -0.2) is 41.9 Å². The molecular formula is C20H32N2OS. The number of unbranched alkanes of at least 4 members (excludes halogenated alkanes) is 1. The first-order chi connectivity index (χ1) is 11.8. The standard InChI is InChI=1S/C20H32N2OS/c1-2-3-4-17-5-7-19(8-6-17)20(23)22-12-10-21(11-13-22)15-18-9-14-24-16-18/h9,14,16-17,19H,2-8,10-13,15H2,1H3. The van der Waals surface area contributed by atoms with E-state index in [1.165, 1.54) is 37.7 Å². The molecule has 134 valence electrons. The molecule has 3 nitrogen and oxygen atoms in total. The van der Waals surface area contributed by atoms with Crippen LogP contribution in [0.2, 0.25) is 0 Å². The van der Waals surface area contributed by atoms with Gasteiger partial charge in [0.2, 0.25) is 5.91 Å². The van der Waals surface area contributed by atoms with E-state index in [0.29, 0.717) is 11.8 Å². The fourth-order valence-corrected chi connectivity index (χ4v) is 4.88. The van der Waals surface area contributed by atoms with Crippen molar-refractivity contribution in [2.45, 2.75) is 58.4 Å². The van der Waals surface area contributed by atoms with Crippen molar-refractivity contribution in [2.75, 3.05) is 26.2 Å². The van der Waals surface area contributed by atoms with Crippen LogP contribution >= 0.6 is 11.3 Å². The predicted octanol–water partition coefficient (Wildman–Crippen LogP) is 4.39. The van der Waals surface area contributed by atoms with Gasteiger partial charge >= 0.3 is 0 Å². The summed E-state index contributed by atoms with van der Waals surface area (Å²) < 4.78 is 0. The van der Waals surface area contributed by atoms with Crippen LogP contribution < -0.4 is 0 Å². The van der Waals surface area contributed by atoms with Gasteiger partial charge in [0.05, 0.1) is 0 Å². The van der Waals surface area contributed by atoms with Gasteiger partial charge in [-0.05, 0) is 54.0 Å². The van der Waals surface area contributed by atoms with Crippen molar-refractivity contribution in [1.29, 1.82) is 0 Å². The van der Waals surface area contributed by atoms with E-state index in [9.17, 15) is 4.79 Å². The average Bonchev–Trinajstić information content (AvgIpc) is 3.13. The Balaban J connectivity index is 1.39. The second-order valence-electron chi connectivity index (χ2n) is 7.59. The second kappa shape index (κ2) is 9.00. The topological polar surface area (TPSA) is 23.6 Å². The number of hydrogen-bond acceptors (Lipinski definition) is 3. The van der Waals surface area contributed by atoms with E-state index >= 15 is 0 Å². The SMILES string of the molecule is CCCCC1CCC(C(=O)N2CCN(Cc3ccsc3)CC2)CC1. The van der Waals surface area contributed by atoms with Gasteiger partial charge in [-0.3, -0.25) is 9.69 Å². The maximum Gasteiger partial charge on any atom is 0.225 e. The van der Waals surface area contributed by atoms with Crippen LogP contribution in [0.4, 0.5) is 0 Å². The summed E-state index contributed by atoms with van der Waals surface area (Å²) in [6.45, 7) is 7.18. The second-order valence-corrected chi connectivity index (χ2v) is 8.37. The molecule has 4 heteroatoms. The third kappa shape index (κ3) is 4.82. The summed E-state index contributed by atoms with van der Waals surface area (Å²) in [6, 6.07) is 2.21. The molecule has 0 N–H and O–H groups in total. The molecule has 24 heavy (non-hydrogen) atoms. The summed E-state index contributed by atoms with van der Waals surface area (Å²) >= 11 is 1.77. The highest BCUT2D eigenvalue weighted by Gasteiger charge is 2.30. The lowest BCUT2D eigenvalue weighted by atomic mass is 9.79. The van der Waals surface area contributed by atoms with Crippen LogP contribution in [0.1, 0.15) is 57.4 Å². The quantitative estimate of drug-likeness (QED) is 0.761. The highest BCUT2D eigenvalue weighted by Crippen LogP contribution is 2.33. The van der Waals surface area contributed by atoms with Crippen LogP contribution in [0.15, 0.2) is 16.8 Å². The van der Waals surface area contributed by atoms with Gasteiger partial charge in [-0.25, -0.2) is 0 Å². The number of thiophene rings is 1. The van der Waals surface area contributed by atoms with Crippen molar-refractivity contribution in [2.24, 2.45) is 11.8 Å². The number of nitrogens with zero attached hydrogens (tertiary/aromatic N) is 2. The van der Waals surface area contributed by atoms with Crippen LogP contribution in [0.3, 0.4) is 0 Å². The smallest absolute Gasteiger partial charge is 0.225 e. The van der Waals surface area contributed by atoms with E-state index < -0.39 is 0 Å². The van der Waals surface area contributed by atoms with Crippen LogP contribution in [0.25, 0.3) is 0 Å². The van der Waals surface area contributed by atoms with Gasteiger partial charge < -0.3 is 4.90 Å². The molecule has 2 aliphatic rings. The molecule has 0 spiro atoms. The molecule has 1 saturated carbocycles. The van der Waals surface area contributed by atoms with E-state index in [1.807, 2.05) is 0 Å². The van der Waals surface area contributed by atoms with Crippen molar-refractivity contribution < 1.29 is 4.79 Å². The van der Waals surface area contributed by atoms with E-state index in [0.717, 1.165) is 51.5 Å².